The Labute approximate surface area is 111 Å². The third-order valence-electron chi connectivity index (χ3n) is 2.38. The second-order valence-electron chi connectivity index (χ2n) is 3.90. The zero-order valence-electron chi connectivity index (χ0n) is 10.3. The number of sulfone groups is 1. The number of nitrogens with zero attached hydrogens (tertiary/aromatic N) is 2. The van der Waals surface area contributed by atoms with Gasteiger partial charge in [-0.1, -0.05) is 6.92 Å². The molecule has 17 heavy (non-hydrogen) atoms. The van der Waals surface area contributed by atoms with Gasteiger partial charge in [-0.25, -0.2) is 8.42 Å². The summed E-state index contributed by atoms with van der Waals surface area (Å²) in [7, 11) is -3.04. The van der Waals surface area contributed by atoms with Gasteiger partial charge in [0.05, 0.1) is 28.2 Å². The Hall–Kier alpha value is -0.400. The quantitative estimate of drug-likeness (QED) is 0.858. The fourth-order valence-electron chi connectivity index (χ4n) is 1.75. The van der Waals surface area contributed by atoms with Crippen LogP contribution >= 0.6 is 15.9 Å². The van der Waals surface area contributed by atoms with Gasteiger partial charge in [-0.05, 0) is 29.4 Å². The lowest BCUT2D eigenvalue weighted by atomic mass is 10.2. The summed E-state index contributed by atoms with van der Waals surface area (Å²) in [5.41, 5.74) is 0.889. The van der Waals surface area contributed by atoms with E-state index in [1.165, 1.54) is 6.26 Å². The Bertz CT molecular complexity index is 470. The predicted octanol–water partition coefficient (Wildman–Crippen LogP) is 1.36. The van der Waals surface area contributed by atoms with Crippen molar-refractivity contribution in [3.05, 3.63) is 16.4 Å². The minimum absolute atomic E-state index is 0.0745. The van der Waals surface area contributed by atoms with Crippen molar-refractivity contribution in [2.45, 2.75) is 26.4 Å². The minimum Gasteiger partial charge on any atom is -0.308 e. The van der Waals surface area contributed by atoms with Crippen LogP contribution in [-0.2, 0) is 16.4 Å². The minimum atomic E-state index is -3.04. The fraction of sp³-hybridized carbons (Fsp3) is 0.700. The normalized spacial score (nSPS) is 13.9. The maximum absolute atomic E-state index is 11.4. The van der Waals surface area contributed by atoms with Crippen LogP contribution in [0.15, 0.2) is 10.7 Å². The number of nitrogens with one attached hydrogen (secondary N) is 1. The van der Waals surface area contributed by atoms with E-state index in [0.29, 0.717) is 13.1 Å². The van der Waals surface area contributed by atoms with Gasteiger partial charge in [-0.3, -0.25) is 4.68 Å². The van der Waals surface area contributed by atoms with Crippen LogP contribution in [0.25, 0.3) is 0 Å². The molecule has 0 aliphatic rings. The molecule has 0 aliphatic heterocycles. The first-order chi connectivity index (χ1) is 7.89. The van der Waals surface area contributed by atoms with Crippen LogP contribution in [0.3, 0.4) is 0 Å². The molecule has 0 radical (unpaired) electrons. The van der Waals surface area contributed by atoms with E-state index in [4.69, 9.17) is 0 Å². The zero-order chi connectivity index (χ0) is 13.1. The van der Waals surface area contributed by atoms with E-state index in [0.717, 1.165) is 10.2 Å². The second-order valence-corrected chi connectivity index (χ2v) is 6.94. The van der Waals surface area contributed by atoms with Crippen molar-refractivity contribution in [1.82, 2.24) is 15.1 Å². The highest BCUT2D eigenvalue weighted by Crippen LogP contribution is 2.24. The highest BCUT2D eigenvalue weighted by atomic mass is 79.9. The van der Waals surface area contributed by atoms with Crippen LogP contribution < -0.4 is 5.32 Å². The van der Waals surface area contributed by atoms with E-state index in [2.05, 4.69) is 26.3 Å². The van der Waals surface area contributed by atoms with E-state index in [1.807, 2.05) is 18.5 Å². The lowest BCUT2D eigenvalue weighted by molar-refractivity contribution is 0.512. The maximum atomic E-state index is 11.4. The molecule has 1 aromatic heterocycles. The number of halogens is 1. The van der Waals surface area contributed by atoms with Crippen molar-refractivity contribution in [3.8, 4) is 0 Å². The first-order valence-electron chi connectivity index (χ1n) is 5.51. The summed E-state index contributed by atoms with van der Waals surface area (Å²) in [6.07, 6.45) is 2.95. The average molecular weight is 324 g/mol. The zero-order valence-corrected chi connectivity index (χ0v) is 12.7. The Morgan fingerprint density at radius 3 is 2.65 bits per heavy atom. The van der Waals surface area contributed by atoms with Crippen LogP contribution in [0, 0.1) is 0 Å². The Kier molecular flexibility index (Phi) is 5.15. The van der Waals surface area contributed by atoms with Crippen molar-refractivity contribution in [2.75, 3.05) is 18.6 Å². The molecule has 1 N–H and O–H groups in total. The summed E-state index contributed by atoms with van der Waals surface area (Å²) in [5.74, 6) is 0.0745. The SMILES string of the molecule is CCNC(CS(C)(=O)=O)c1c(Br)cnn1CC. The lowest BCUT2D eigenvalue weighted by Crippen LogP contribution is -2.30. The number of hydrogen-bond acceptors (Lipinski definition) is 4. The van der Waals surface area contributed by atoms with E-state index in [-0.39, 0.29) is 11.8 Å². The molecule has 7 heteroatoms. The predicted molar refractivity (Wildman–Crippen MR) is 71.7 cm³/mol. The molecule has 98 valence electrons. The smallest absolute Gasteiger partial charge is 0.149 e. The molecular formula is C10H18BrN3O2S. The first-order valence-corrected chi connectivity index (χ1v) is 8.36. The molecule has 0 fully saturated rings. The van der Waals surface area contributed by atoms with Gasteiger partial charge in [-0.15, -0.1) is 0 Å². The summed E-state index contributed by atoms with van der Waals surface area (Å²) in [6, 6.07) is -0.230. The topological polar surface area (TPSA) is 64.0 Å². The molecule has 0 aliphatic carbocycles. The van der Waals surface area contributed by atoms with Crippen molar-refractivity contribution < 1.29 is 8.42 Å². The summed E-state index contributed by atoms with van der Waals surface area (Å²) in [4.78, 5) is 0. The third-order valence-corrected chi connectivity index (χ3v) is 3.93. The van der Waals surface area contributed by atoms with Gasteiger partial charge in [0.2, 0.25) is 0 Å². The van der Waals surface area contributed by atoms with E-state index in [9.17, 15) is 8.42 Å². The van der Waals surface area contributed by atoms with Crippen molar-refractivity contribution in [2.24, 2.45) is 0 Å². The van der Waals surface area contributed by atoms with Crippen molar-refractivity contribution in [3.63, 3.8) is 0 Å². The number of rotatable bonds is 6. The van der Waals surface area contributed by atoms with Gasteiger partial charge in [-0.2, -0.15) is 5.10 Å². The molecule has 5 nitrogen and oxygen atoms in total. The van der Waals surface area contributed by atoms with Crippen molar-refractivity contribution >= 4 is 25.8 Å². The molecule has 0 bridgehead atoms. The molecule has 1 rings (SSSR count). The lowest BCUT2D eigenvalue weighted by Gasteiger charge is -2.18. The van der Waals surface area contributed by atoms with Crippen LogP contribution in [0.2, 0.25) is 0 Å². The summed E-state index contributed by atoms with van der Waals surface area (Å²) < 4.78 is 25.5. The Morgan fingerprint density at radius 1 is 1.53 bits per heavy atom. The molecule has 1 heterocycles. The number of aryl methyl sites for hydroxylation is 1. The van der Waals surface area contributed by atoms with Gasteiger partial charge in [0.25, 0.3) is 0 Å². The molecule has 1 aromatic rings. The van der Waals surface area contributed by atoms with Crippen LogP contribution in [-0.4, -0.2) is 36.8 Å². The molecule has 0 saturated carbocycles. The summed E-state index contributed by atoms with van der Waals surface area (Å²) in [6.45, 7) is 5.36. The van der Waals surface area contributed by atoms with E-state index < -0.39 is 9.84 Å². The van der Waals surface area contributed by atoms with E-state index in [1.54, 1.807) is 6.20 Å². The molecular weight excluding hydrogens is 306 g/mol. The standard InChI is InChI=1S/C10H18BrN3O2S/c1-4-12-9(7-17(3,15)16)10-8(11)6-13-14(10)5-2/h6,9,12H,4-5,7H2,1-3H3. The van der Waals surface area contributed by atoms with Crippen molar-refractivity contribution in [1.29, 1.82) is 0 Å². The first kappa shape index (κ1) is 14.7. The highest BCUT2D eigenvalue weighted by Gasteiger charge is 2.22. The Morgan fingerprint density at radius 2 is 2.18 bits per heavy atom. The molecule has 0 saturated heterocycles. The monoisotopic (exact) mass is 323 g/mol. The largest absolute Gasteiger partial charge is 0.308 e. The fourth-order valence-corrected chi connectivity index (χ4v) is 3.21. The number of aromatic nitrogens is 2. The highest BCUT2D eigenvalue weighted by molar-refractivity contribution is 9.10. The van der Waals surface area contributed by atoms with Crippen LogP contribution in [0.4, 0.5) is 0 Å². The van der Waals surface area contributed by atoms with Gasteiger partial charge < -0.3 is 5.32 Å². The molecule has 0 amide bonds. The molecule has 1 unspecified atom stereocenters. The van der Waals surface area contributed by atoms with Crippen LogP contribution in [0.1, 0.15) is 25.6 Å². The number of hydrogen-bond donors (Lipinski definition) is 1. The van der Waals surface area contributed by atoms with Gasteiger partial charge >= 0.3 is 0 Å². The second kappa shape index (κ2) is 5.97. The molecule has 1 atom stereocenters. The van der Waals surface area contributed by atoms with Gasteiger partial charge in [0.15, 0.2) is 0 Å². The molecule has 0 aromatic carbocycles. The Balaban J connectivity index is 3.08. The van der Waals surface area contributed by atoms with E-state index >= 15 is 0 Å². The maximum Gasteiger partial charge on any atom is 0.149 e. The van der Waals surface area contributed by atoms with Crippen LogP contribution in [0.5, 0.6) is 0 Å². The average Bonchev–Trinajstić information content (AvgIpc) is 2.57. The third kappa shape index (κ3) is 4.08. The summed E-state index contributed by atoms with van der Waals surface area (Å²) in [5, 5.41) is 7.39. The summed E-state index contributed by atoms with van der Waals surface area (Å²) >= 11 is 3.42. The molecule has 0 spiro atoms. The van der Waals surface area contributed by atoms with Gasteiger partial charge in [0, 0.05) is 12.8 Å². The van der Waals surface area contributed by atoms with Gasteiger partial charge in [0.1, 0.15) is 9.84 Å².